The van der Waals surface area contributed by atoms with Gasteiger partial charge in [-0.15, -0.1) is 0 Å². The monoisotopic (exact) mass is 206 g/mol. The molecule has 0 atom stereocenters. The average molecular weight is 206 g/mol. The molecule has 0 unspecified atom stereocenters. The Kier molecular flexibility index (Phi) is 4.84. The smallest absolute Gasteiger partial charge is 0.256 e. The molecule has 15 heavy (non-hydrogen) atoms. The van der Waals surface area contributed by atoms with Crippen molar-refractivity contribution in [3.63, 3.8) is 0 Å². The van der Waals surface area contributed by atoms with Gasteiger partial charge in [-0.25, -0.2) is 5.11 Å². The van der Waals surface area contributed by atoms with E-state index in [4.69, 9.17) is 0 Å². The molecular weight excluding hydrogens is 190 g/mol. The molecule has 0 bridgehead atoms. The number of unbranched alkanes of at least 4 members (excludes halogenated alkanes) is 1. The second kappa shape index (κ2) is 6.19. The zero-order chi connectivity index (χ0) is 11.1. The largest absolute Gasteiger partial charge is 0.310 e. The van der Waals surface area contributed by atoms with Gasteiger partial charge in [-0.1, -0.05) is 31.5 Å². The average Bonchev–Trinajstić information content (AvgIpc) is 2.30. The van der Waals surface area contributed by atoms with Crippen molar-refractivity contribution in [1.29, 1.82) is 0 Å². The van der Waals surface area contributed by atoms with Gasteiger partial charge < -0.3 is 4.90 Å². The fourth-order valence-corrected chi connectivity index (χ4v) is 1.40. The van der Waals surface area contributed by atoms with Gasteiger partial charge in [0.05, 0.1) is 0 Å². The van der Waals surface area contributed by atoms with Crippen LogP contribution in [0.5, 0.6) is 0 Å². The highest BCUT2D eigenvalue weighted by molar-refractivity contribution is 5.93. The van der Waals surface area contributed by atoms with E-state index in [1.54, 1.807) is 4.90 Å². The van der Waals surface area contributed by atoms with Gasteiger partial charge in [-0.05, 0) is 18.6 Å². The summed E-state index contributed by atoms with van der Waals surface area (Å²) in [6.45, 7) is 2.01. The summed E-state index contributed by atoms with van der Waals surface area (Å²) < 4.78 is 0. The summed E-state index contributed by atoms with van der Waals surface area (Å²) in [4.78, 5) is 13.0. The number of amides is 1. The third kappa shape index (κ3) is 3.36. The molecule has 0 aliphatic heterocycles. The molecule has 0 aliphatic rings. The van der Waals surface area contributed by atoms with Crippen molar-refractivity contribution in [1.82, 2.24) is 0 Å². The highest BCUT2D eigenvalue weighted by atomic mass is 16.3. The number of carbonyl (C=O) groups excluding carboxylic acids is 1. The molecule has 3 nitrogen and oxygen atoms in total. The maximum absolute atomic E-state index is 11.4. The van der Waals surface area contributed by atoms with E-state index in [2.05, 4.69) is 6.92 Å². The summed E-state index contributed by atoms with van der Waals surface area (Å²) in [7, 11) is 0. The molecular formula is C12H16NO2. The fraction of sp³-hybridized carbons (Fsp3) is 0.417. The van der Waals surface area contributed by atoms with Crippen LogP contribution < -0.4 is 4.90 Å². The van der Waals surface area contributed by atoms with Crippen LogP contribution in [-0.2, 0) is 9.90 Å². The van der Waals surface area contributed by atoms with Gasteiger partial charge in [0.15, 0.2) is 6.61 Å². The second-order valence-corrected chi connectivity index (χ2v) is 3.38. The normalized spacial score (nSPS) is 10.0. The molecule has 0 saturated heterocycles. The van der Waals surface area contributed by atoms with E-state index in [1.165, 1.54) is 0 Å². The second-order valence-electron chi connectivity index (χ2n) is 3.38. The molecule has 0 N–H and O–H groups in total. The minimum Gasteiger partial charge on any atom is -0.310 e. The Balaban J connectivity index is 2.76. The molecule has 1 rings (SSSR count). The number of hydrogen-bond acceptors (Lipinski definition) is 1. The standard InChI is InChI=1S/C12H16NO2/c1-2-3-9-13(12(15)10-14)11-7-5-4-6-8-11/h4-8H,2-3,9-10H2,1H3. The zero-order valence-corrected chi connectivity index (χ0v) is 8.98. The van der Waals surface area contributed by atoms with Crippen molar-refractivity contribution in [2.75, 3.05) is 18.1 Å². The molecule has 0 aromatic heterocycles. The van der Waals surface area contributed by atoms with Crippen LogP contribution in [0, 0.1) is 0 Å². The number of benzene rings is 1. The first kappa shape index (κ1) is 11.7. The number of nitrogens with zero attached hydrogens (tertiary/aromatic N) is 1. The van der Waals surface area contributed by atoms with Crippen LogP contribution in [0.1, 0.15) is 19.8 Å². The van der Waals surface area contributed by atoms with Gasteiger partial charge in [0.2, 0.25) is 0 Å². The lowest BCUT2D eigenvalue weighted by molar-refractivity contribution is -0.123. The van der Waals surface area contributed by atoms with E-state index in [-0.39, 0.29) is 5.91 Å². The highest BCUT2D eigenvalue weighted by Crippen LogP contribution is 2.14. The van der Waals surface area contributed by atoms with E-state index < -0.39 is 6.61 Å². The van der Waals surface area contributed by atoms with Crippen LogP contribution in [0.3, 0.4) is 0 Å². The number of hydrogen-bond donors (Lipinski definition) is 0. The Hall–Kier alpha value is -1.35. The van der Waals surface area contributed by atoms with E-state index in [9.17, 15) is 9.90 Å². The molecule has 3 heteroatoms. The molecule has 81 valence electrons. The van der Waals surface area contributed by atoms with E-state index in [0.29, 0.717) is 6.54 Å². The molecule has 1 aromatic rings. The SMILES string of the molecule is CCCCN(C(=O)C[O])c1ccccc1. The Morgan fingerprint density at radius 1 is 1.27 bits per heavy atom. The molecule has 1 radical (unpaired) electrons. The lowest BCUT2D eigenvalue weighted by Crippen LogP contribution is -2.33. The van der Waals surface area contributed by atoms with Crippen LogP contribution in [0.25, 0.3) is 0 Å². The Bertz CT molecular complexity index is 298. The van der Waals surface area contributed by atoms with Gasteiger partial charge in [0.25, 0.3) is 5.91 Å². The summed E-state index contributed by atoms with van der Waals surface area (Å²) in [6.07, 6.45) is 1.93. The third-order valence-electron chi connectivity index (χ3n) is 2.23. The molecule has 0 heterocycles. The van der Waals surface area contributed by atoms with Crippen molar-refractivity contribution < 1.29 is 9.90 Å². The number of para-hydroxylation sites is 1. The van der Waals surface area contributed by atoms with Crippen LogP contribution in [-0.4, -0.2) is 19.1 Å². The van der Waals surface area contributed by atoms with Crippen LogP contribution >= 0.6 is 0 Å². The number of carbonyl (C=O) groups is 1. The summed E-state index contributed by atoms with van der Waals surface area (Å²) in [5.74, 6) is -0.352. The lowest BCUT2D eigenvalue weighted by atomic mass is 10.2. The van der Waals surface area contributed by atoms with E-state index in [0.717, 1.165) is 18.5 Å². The van der Waals surface area contributed by atoms with Gasteiger partial charge in [-0.3, -0.25) is 4.79 Å². The summed E-state index contributed by atoms with van der Waals surface area (Å²) in [5, 5.41) is 10.6. The van der Waals surface area contributed by atoms with E-state index in [1.807, 2.05) is 30.3 Å². The summed E-state index contributed by atoms with van der Waals surface area (Å²) in [6, 6.07) is 9.33. The Labute approximate surface area is 90.3 Å². The van der Waals surface area contributed by atoms with Gasteiger partial charge in [0, 0.05) is 12.2 Å². The van der Waals surface area contributed by atoms with Crippen molar-refractivity contribution >= 4 is 11.6 Å². The quantitative estimate of drug-likeness (QED) is 0.728. The summed E-state index contributed by atoms with van der Waals surface area (Å²) in [5.41, 5.74) is 0.812. The first-order chi connectivity index (χ1) is 7.29. The van der Waals surface area contributed by atoms with Gasteiger partial charge in [-0.2, -0.15) is 0 Å². The molecule has 0 spiro atoms. The van der Waals surface area contributed by atoms with Crippen LogP contribution in [0.2, 0.25) is 0 Å². The summed E-state index contributed by atoms with van der Waals surface area (Å²) >= 11 is 0. The topological polar surface area (TPSA) is 40.2 Å². The Morgan fingerprint density at radius 3 is 2.47 bits per heavy atom. The van der Waals surface area contributed by atoms with Crippen molar-refractivity contribution in [3.8, 4) is 0 Å². The molecule has 0 aliphatic carbocycles. The van der Waals surface area contributed by atoms with Crippen molar-refractivity contribution in [2.24, 2.45) is 0 Å². The Morgan fingerprint density at radius 2 is 1.93 bits per heavy atom. The highest BCUT2D eigenvalue weighted by Gasteiger charge is 2.13. The van der Waals surface area contributed by atoms with Gasteiger partial charge in [0.1, 0.15) is 0 Å². The van der Waals surface area contributed by atoms with E-state index >= 15 is 0 Å². The molecule has 1 aromatic carbocycles. The van der Waals surface area contributed by atoms with Crippen molar-refractivity contribution in [3.05, 3.63) is 30.3 Å². The number of anilines is 1. The predicted molar refractivity (Wildman–Crippen MR) is 59.3 cm³/mol. The lowest BCUT2D eigenvalue weighted by Gasteiger charge is -2.21. The fourth-order valence-electron chi connectivity index (χ4n) is 1.40. The minimum absolute atomic E-state index is 0.352. The molecule has 0 fully saturated rings. The predicted octanol–water partition coefficient (Wildman–Crippen LogP) is 2.25. The first-order valence-corrected chi connectivity index (χ1v) is 5.23. The van der Waals surface area contributed by atoms with Crippen LogP contribution in [0.15, 0.2) is 30.3 Å². The van der Waals surface area contributed by atoms with Crippen molar-refractivity contribution in [2.45, 2.75) is 19.8 Å². The van der Waals surface area contributed by atoms with Crippen LogP contribution in [0.4, 0.5) is 5.69 Å². The zero-order valence-electron chi connectivity index (χ0n) is 8.98. The van der Waals surface area contributed by atoms with Gasteiger partial charge >= 0.3 is 0 Å². The maximum atomic E-state index is 11.4. The molecule has 1 amide bonds. The third-order valence-corrected chi connectivity index (χ3v) is 2.23. The maximum Gasteiger partial charge on any atom is 0.256 e. The molecule has 0 saturated carbocycles. The first-order valence-electron chi connectivity index (χ1n) is 5.23. The minimum atomic E-state index is -0.682. The number of rotatable bonds is 5.